The Kier molecular flexibility index (Phi) is 8.71. The van der Waals surface area contributed by atoms with Crippen molar-refractivity contribution in [3.63, 3.8) is 0 Å². The molecule has 0 aliphatic heterocycles. The van der Waals surface area contributed by atoms with E-state index in [1.54, 1.807) is 0 Å². The SMILES string of the molecule is O=CC(CCl)OP(=O)(O)O.[H-].[Na+]. The predicted octanol–water partition coefficient (Wildman–Crippen LogP) is -2.98. The van der Waals surface area contributed by atoms with Crippen molar-refractivity contribution in [2.24, 2.45) is 0 Å². The molecule has 0 aromatic heterocycles. The largest absolute Gasteiger partial charge is 1.00 e. The Bertz CT molecular complexity index is 163. The molecule has 0 fully saturated rings. The van der Waals surface area contributed by atoms with Crippen molar-refractivity contribution >= 4 is 25.7 Å². The Hall–Kier alpha value is 1.07. The molecule has 2 N–H and O–H groups in total. The van der Waals surface area contributed by atoms with Crippen molar-refractivity contribution in [3.8, 4) is 0 Å². The molecule has 0 heterocycles. The number of hydrogen-bond acceptors (Lipinski definition) is 3. The molecule has 0 amide bonds. The average Bonchev–Trinajstić information content (AvgIpc) is 1.81. The molecule has 0 radical (unpaired) electrons. The van der Waals surface area contributed by atoms with Crippen LogP contribution in [0.5, 0.6) is 0 Å². The number of carbonyl (C=O) groups is 1. The second-order valence-electron chi connectivity index (χ2n) is 1.42. The maximum absolute atomic E-state index is 10.0. The number of phosphoric ester groups is 1. The monoisotopic (exact) mass is 212 g/mol. The van der Waals surface area contributed by atoms with Crippen LogP contribution in [0, 0.1) is 0 Å². The zero-order valence-corrected chi connectivity index (χ0v) is 9.46. The molecule has 0 rings (SSSR count). The molecule has 1 atom stereocenters. The Balaban J connectivity index is -0.000000405. The summed E-state index contributed by atoms with van der Waals surface area (Å²) in [5, 5.41) is 0. The third-order valence-electron chi connectivity index (χ3n) is 0.577. The number of halogens is 1. The van der Waals surface area contributed by atoms with E-state index in [2.05, 4.69) is 4.52 Å². The van der Waals surface area contributed by atoms with Gasteiger partial charge in [-0.05, 0) is 0 Å². The molecule has 0 aromatic rings. The van der Waals surface area contributed by atoms with Crippen LogP contribution in [0.2, 0.25) is 0 Å². The van der Waals surface area contributed by atoms with E-state index in [9.17, 15) is 9.36 Å². The quantitative estimate of drug-likeness (QED) is 0.225. The molecule has 0 aliphatic rings. The Morgan fingerprint density at radius 3 is 2.27 bits per heavy atom. The predicted molar refractivity (Wildman–Crippen MR) is 34.8 cm³/mol. The summed E-state index contributed by atoms with van der Waals surface area (Å²) in [7, 11) is -4.57. The normalized spacial score (nSPS) is 13.4. The summed E-state index contributed by atoms with van der Waals surface area (Å²) in [4.78, 5) is 26.1. The van der Waals surface area contributed by atoms with Crippen LogP contribution in [0.4, 0.5) is 0 Å². The third kappa shape index (κ3) is 8.98. The minimum atomic E-state index is -4.57. The molecule has 0 spiro atoms. The topological polar surface area (TPSA) is 83.8 Å². The smallest absolute Gasteiger partial charge is 1.00 e. The zero-order chi connectivity index (χ0) is 8.20. The number of rotatable bonds is 4. The third-order valence-corrected chi connectivity index (χ3v) is 1.43. The molecule has 0 aliphatic carbocycles. The van der Waals surface area contributed by atoms with Gasteiger partial charge in [-0.2, -0.15) is 0 Å². The van der Waals surface area contributed by atoms with Gasteiger partial charge in [-0.25, -0.2) is 4.57 Å². The number of aldehydes is 1. The summed E-state index contributed by atoms with van der Waals surface area (Å²) in [5.74, 6) is -0.269. The van der Waals surface area contributed by atoms with Crippen LogP contribution < -0.4 is 29.6 Å². The van der Waals surface area contributed by atoms with Gasteiger partial charge in [0.05, 0.1) is 5.88 Å². The van der Waals surface area contributed by atoms with Crippen LogP contribution in [-0.4, -0.2) is 28.1 Å². The van der Waals surface area contributed by atoms with Gasteiger partial charge >= 0.3 is 37.4 Å². The van der Waals surface area contributed by atoms with E-state index >= 15 is 0 Å². The minimum Gasteiger partial charge on any atom is -1.00 e. The Labute approximate surface area is 92.1 Å². The molecule has 0 saturated carbocycles. The maximum atomic E-state index is 10.0. The van der Waals surface area contributed by atoms with Crippen molar-refractivity contribution in [2.75, 3.05) is 5.88 Å². The van der Waals surface area contributed by atoms with E-state index in [4.69, 9.17) is 21.4 Å². The van der Waals surface area contributed by atoms with E-state index in [-0.39, 0.29) is 43.2 Å². The fourth-order valence-electron chi connectivity index (χ4n) is 0.266. The molecular formula is C3H7ClNaO5P. The summed E-state index contributed by atoms with van der Waals surface area (Å²) in [6, 6.07) is 0. The average molecular weight is 213 g/mol. The van der Waals surface area contributed by atoms with Crippen LogP contribution in [0.15, 0.2) is 0 Å². The van der Waals surface area contributed by atoms with Gasteiger partial charge in [0.1, 0.15) is 6.10 Å². The second kappa shape index (κ2) is 6.57. The van der Waals surface area contributed by atoms with Crippen molar-refractivity contribution < 1.29 is 54.7 Å². The summed E-state index contributed by atoms with van der Waals surface area (Å²) in [6.07, 6.45) is -1.01. The van der Waals surface area contributed by atoms with Gasteiger partial charge in [0.15, 0.2) is 6.29 Å². The van der Waals surface area contributed by atoms with E-state index in [0.29, 0.717) is 0 Å². The van der Waals surface area contributed by atoms with Crippen LogP contribution in [0.1, 0.15) is 1.43 Å². The van der Waals surface area contributed by atoms with Gasteiger partial charge < -0.3 is 16.0 Å². The van der Waals surface area contributed by atoms with Gasteiger partial charge in [0.2, 0.25) is 0 Å². The summed E-state index contributed by atoms with van der Waals surface area (Å²) >= 11 is 5.07. The van der Waals surface area contributed by atoms with Crippen molar-refractivity contribution in [1.29, 1.82) is 0 Å². The second-order valence-corrected chi connectivity index (χ2v) is 2.93. The first-order chi connectivity index (χ1) is 4.49. The number of alkyl halides is 1. The van der Waals surface area contributed by atoms with E-state index in [0.717, 1.165) is 0 Å². The summed E-state index contributed by atoms with van der Waals surface area (Å²) < 4.78 is 13.9. The first-order valence-corrected chi connectivity index (χ1v) is 4.31. The van der Waals surface area contributed by atoms with Gasteiger partial charge in [0, 0.05) is 0 Å². The summed E-state index contributed by atoms with van der Waals surface area (Å²) in [5.41, 5.74) is 0. The molecule has 1 unspecified atom stereocenters. The van der Waals surface area contributed by atoms with Crippen LogP contribution in [0.3, 0.4) is 0 Å². The van der Waals surface area contributed by atoms with Crippen LogP contribution in [0.25, 0.3) is 0 Å². The Morgan fingerprint density at radius 1 is 1.73 bits per heavy atom. The fraction of sp³-hybridized carbons (Fsp3) is 0.667. The standard InChI is InChI=1S/C3H6ClO5P.Na.H/c4-1-3(2-5)9-10(6,7)8;;/h2-3H,1H2,(H2,6,7,8);;/q;+1;-1. The number of hydrogen-bond donors (Lipinski definition) is 2. The molecule has 0 aromatic carbocycles. The summed E-state index contributed by atoms with van der Waals surface area (Å²) in [6.45, 7) is 0. The molecule has 11 heavy (non-hydrogen) atoms. The first kappa shape index (κ1) is 14.6. The van der Waals surface area contributed by atoms with Gasteiger partial charge in [-0.15, -0.1) is 11.6 Å². The van der Waals surface area contributed by atoms with Crippen LogP contribution >= 0.6 is 19.4 Å². The first-order valence-electron chi connectivity index (χ1n) is 2.25. The molecule has 5 nitrogen and oxygen atoms in total. The molecule has 8 heteroatoms. The van der Waals surface area contributed by atoms with Gasteiger partial charge in [0.25, 0.3) is 0 Å². The van der Waals surface area contributed by atoms with Gasteiger partial charge in [-0.1, -0.05) is 0 Å². The number of carbonyl (C=O) groups excluding carboxylic acids is 1. The van der Waals surface area contributed by atoms with E-state index in [1.165, 1.54) is 0 Å². The van der Waals surface area contributed by atoms with Crippen LogP contribution in [-0.2, 0) is 13.9 Å². The minimum absolute atomic E-state index is 0. The molecule has 62 valence electrons. The maximum Gasteiger partial charge on any atom is 1.00 e. The Morgan fingerprint density at radius 2 is 2.18 bits per heavy atom. The molecular weight excluding hydrogens is 205 g/mol. The molecule has 0 bridgehead atoms. The van der Waals surface area contributed by atoms with Crippen molar-refractivity contribution in [3.05, 3.63) is 0 Å². The zero-order valence-electron chi connectivity index (χ0n) is 6.81. The molecule has 0 saturated heterocycles. The van der Waals surface area contributed by atoms with E-state index < -0.39 is 13.9 Å². The van der Waals surface area contributed by atoms with Crippen molar-refractivity contribution in [1.82, 2.24) is 0 Å². The fourth-order valence-corrected chi connectivity index (χ4v) is 0.966. The van der Waals surface area contributed by atoms with Crippen molar-refractivity contribution in [2.45, 2.75) is 6.10 Å². The number of phosphoric acid groups is 1. The van der Waals surface area contributed by atoms with E-state index in [1.807, 2.05) is 0 Å². The van der Waals surface area contributed by atoms with Gasteiger partial charge in [-0.3, -0.25) is 4.52 Å².